The molecule has 1 amide bonds. The van der Waals surface area contributed by atoms with Gasteiger partial charge in [0.05, 0.1) is 12.1 Å². The number of benzene rings is 1. The van der Waals surface area contributed by atoms with Gasteiger partial charge in [-0.3, -0.25) is 4.79 Å². The fourth-order valence-electron chi connectivity index (χ4n) is 4.56. The van der Waals surface area contributed by atoms with E-state index in [1.165, 1.54) is 12.1 Å². The summed E-state index contributed by atoms with van der Waals surface area (Å²) in [6.45, 7) is 9.48. The highest BCUT2D eigenvalue weighted by molar-refractivity contribution is 6.04. The van der Waals surface area contributed by atoms with Crippen LogP contribution in [0.4, 0.5) is 4.39 Å². The van der Waals surface area contributed by atoms with Gasteiger partial charge in [0.1, 0.15) is 5.82 Å². The molecule has 2 aromatic rings. The summed E-state index contributed by atoms with van der Waals surface area (Å²) >= 11 is 0. The van der Waals surface area contributed by atoms with Crippen LogP contribution in [0.1, 0.15) is 56.9 Å². The molecule has 0 unspecified atom stereocenters. The molecule has 1 N–H and O–H groups in total. The van der Waals surface area contributed by atoms with Crippen LogP contribution < -0.4 is 10.1 Å². The average Bonchev–Trinajstić information content (AvgIpc) is 3.04. The Bertz CT molecular complexity index is 875. The van der Waals surface area contributed by atoms with Crippen LogP contribution >= 0.6 is 0 Å². The molecule has 6 nitrogen and oxygen atoms in total. The topological polar surface area (TPSA) is 55.7 Å². The summed E-state index contributed by atoms with van der Waals surface area (Å²) in [5.41, 5.74) is 1.23. The normalized spacial score (nSPS) is 16.8. The molecule has 1 aromatic carbocycles. The van der Waals surface area contributed by atoms with Crippen LogP contribution in [0.15, 0.2) is 18.2 Å². The number of carbonyl (C=O) groups excluding carboxylic acids is 1. The molecule has 1 saturated heterocycles. The molecule has 1 aliphatic rings. The Balaban J connectivity index is 2.10. The third-order valence-corrected chi connectivity index (χ3v) is 5.91. The lowest BCUT2D eigenvalue weighted by Gasteiger charge is -2.38. The van der Waals surface area contributed by atoms with Crippen molar-refractivity contribution in [1.82, 2.24) is 14.8 Å². The van der Waals surface area contributed by atoms with Gasteiger partial charge < -0.3 is 24.3 Å². The van der Waals surface area contributed by atoms with E-state index in [1.54, 1.807) is 13.2 Å². The second kappa shape index (κ2) is 11.0. The highest BCUT2D eigenvalue weighted by Crippen LogP contribution is 2.36. The van der Waals surface area contributed by atoms with Crippen LogP contribution in [0, 0.1) is 5.82 Å². The van der Waals surface area contributed by atoms with Crippen molar-refractivity contribution >= 4 is 16.8 Å². The van der Waals surface area contributed by atoms with Gasteiger partial charge in [0.25, 0.3) is 5.91 Å². The first-order chi connectivity index (χ1) is 15.0. The Kier molecular flexibility index (Phi) is 8.32. The number of aryl methyl sites for hydroxylation is 1. The summed E-state index contributed by atoms with van der Waals surface area (Å²) < 4.78 is 27.3. The molecule has 0 saturated carbocycles. The quantitative estimate of drug-likeness (QED) is 0.571. The molecular weight excluding hydrogens is 397 g/mol. The summed E-state index contributed by atoms with van der Waals surface area (Å²) in [5.74, 6) is 0.196. The lowest BCUT2D eigenvalue weighted by Crippen LogP contribution is -2.52. The monoisotopic (exact) mass is 433 g/mol. The summed E-state index contributed by atoms with van der Waals surface area (Å²) in [6, 6.07) is 4.84. The average molecular weight is 434 g/mol. The zero-order valence-corrected chi connectivity index (χ0v) is 19.2. The van der Waals surface area contributed by atoms with Crippen LogP contribution in [0.2, 0.25) is 0 Å². The van der Waals surface area contributed by atoms with Crippen molar-refractivity contribution in [3.8, 4) is 5.75 Å². The van der Waals surface area contributed by atoms with Gasteiger partial charge in [-0.2, -0.15) is 0 Å². The number of nitrogens with one attached hydrogen (secondary N) is 1. The van der Waals surface area contributed by atoms with Gasteiger partial charge >= 0.3 is 0 Å². The van der Waals surface area contributed by atoms with Gasteiger partial charge in [0, 0.05) is 44.3 Å². The van der Waals surface area contributed by atoms with Gasteiger partial charge in [0.2, 0.25) is 0 Å². The van der Waals surface area contributed by atoms with Crippen molar-refractivity contribution in [2.45, 2.75) is 65.1 Å². The van der Waals surface area contributed by atoms with Gasteiger partial charge in [-0.25, -0.2) is 4.39 Å². The molecule has 2 heterocycles. The lowest BCUT2D eigenvalue weighted by atomic mass is 10.0. The van der Waals surface area contributed by atoms with E-state index in [9.17, 15) is 9.18 Å². The molecule has 3 rings (SSSR count). The molecule has 0 spiro atoms. The highest BCUT2D eigenvalue weighted by Gasteiger charge is 2.33. The van der Waals surface area contributed by atoms with Crippen molar-refractivity contribution in [2.75, 3.05) is 33.4 Å². The van der Waals surface area contributed by atoms with E-state index in [1.807, 2.05) is 16.4 Å². The number of hydrogen-bond acceptors (Lipinski definition) is 4. The maximum atomic E-state index is 14.2. The Morgan fingerprint density at radius 3 is 2.81 bits per heavy atom. The molecular formula is C24H36FN3O3. The Labute approximate surface area is 184 Å². The summed E-state index contributed by atoms with van der Waals surface area (Å²) in [5, 5.41) is 4.20. The zero-order chi connectivity index (χ0) is 22.4. The van der Waals surface area contributed by atoms with Crippen molar-refractivity contribution in [1.29, 1.82) is 0 Å². The number of unbranched alkanes of at least 4 members (excludes halogenated alkanes) is 1. The van der Waals surface area contributed by atoms with E-state index in [2.05, 4.69) is 19.2 Å². The lowest BCUT2D eigenvalue weighted by molar-refractivity contribution is 0.0558. The molecule has 0 aliphatic carbocycles. The maximum absolute atomic E-state index is 14.2. The fraction of sp³-hybridized carbons (Fsp3) is 0.625. The molecule has 0 bridgehead atoms. The number of carbonyl (C=O) groups is 1. The summed E-state index contributed by atoms with van der Waals surface area (Å²) in [4.78, 5) is 16.0. The number of fused-ring (bicyclic) bond motifs is 1. The molecule has 31 heavy (non-hydrogen) atoms. The largest absolute Gasteiger partial charge is 0.491 e. The molecule has 0 radical (unpaired) electrons. The summed E-state index contributed by atoms with van der Waals surface area (Å²) in [6.07, 6.45) is 3.71. The number of amides is 1. The Morgan fingerprint density at radius 2 is 2.16 bits per heavy atom. The van der Waals surface area contributed by atoms with Crippen LogP contribution in [-0.4, -0.2) is 60.9 Å². The maximum Gasteiger partial charge on any atom is 0.274 e. The van der Waals surface area contributed by atoms with Crippen molar-refractivity contribution < 1.29 is 18.7 Å². The number of halogens is 1. The number of rotatable bonds is 10. The molecule has 7 heteroatoms. The van der Waals surface area contributed by atoms with E-state index >= 15 is 0 Å². The molecule has 172 valence electrons. The van der Waals surface area contributed by atoms with E-state index in [4.69, 9.17) is 9.47 Å². The van der Waals surface area contributed by atoms with Gasteiger partial charge in [-0.1, -0.05) is 0 Å². The first-order valence-electron chi connectivity index (χ1n) is 11.5. The van der Waals surface area contributed by atoms with E-state index < -0.39 is 0 Å². The van der Waals surface area contributed by atoms with Crippen LogP contribution in [0.25, 0.3) is 10.9 Å². The van der Waals surface area contributed by atoms with Crippen molar-refractivity contribution in [3.05, 3.63) is 29.7 Å². The first-order valence-corrected chi connectivity index (χ1v) is 11.5. The Morgan fingerprint density at radius 1 is 1.35 bits per heavy atom. The second-order valence-corrected chi connectivity index (χ2v) is 8.43. The first kappa shape index (κ1) is 23.5. The van der Waals surface area contributed by atoms with Crippen molar-refractivity contribution in [3.63, 3.8) is 0 Å². The number of ether oxygens (including phenoxy) is 2. The van der Waals surface area contributed by atoms with Crippen LogP contribution in [0.3, 0.4) is 0 Å². The van der Waals surface area contributed by atoms with Crippen LogP contribution in [-0.2, 0) is 11.3 Å². The number of aromatic nitrogens is 1. The standard InChI is InChI=1S/C24H36FN3O3/c1-5-31-23-20-11-10-18(25)15-21(20)27(13-6-7-14-30-4)22(23)24(29)28(17(2)3)19-9-8-12-26-16-19/h10-11,15,17,19,26H,5-9,12-14,16H2,1-4H3/t19-/m1/s1. The molecule has 1 aliphatic heterocycles. The van der Waals surface area contributed by atoms with Crippen molar-refractivity contribution in [2.24, 2.45) is 0 Å². The second-order valence-electron chi connectivity index (χ2n) is 8.43. The number of methoxy groups -OCH3 is 1. The summed E-state index contributed by atoms with van der Waals surface area (Å²) in [7, 11) is 1.68. The fourth-order valence-corrected chi connectivity index (χ4v) is 4.56. The van der Waals surface area contributed by atoms with E-state index in [0.29, 0.717) is 36.7 Å². The number of hydrogen-bond donors (Lipinski definition) is 1. The number of nitrogens with zero attached hydrogens (tertiary/aromatic N) is 2. The molecule has 1 atom stereocenters. The van der Waals surface area contributed by atoms with E-state index in [0.717, 1.165) is 44.2 Å². The van der Waals surface area contributed by atoms with Gasteiger partial charge in [0.15, 0.2) is 11.4 Å². The number of piperidine rings is 1. The minimum absolute atomic E-state index is 0.0450. The van der Waals surface area contributed by atoms with Gasteiger partial charge in [-0.05, 0) is 71.2 Å². The zero-order valence-electron chi connectivity index (χ0n) is 19.2. The van der Waals surface area contributed by atoms with Gasteiger partial charge in [-0.15, -0.1) is 0 Å². The minimum Gasteiger partial charge on any atom is -0.491 e. The third-order valence-electron chi connectivity index (χ3n) is 5.91. The Hall–Kier alpha value is -2.12. The molecule has 1 fully saturated rings. The van der Waals surface area contributed by atoms with E-state index in [-0.39, 0.29) is 23.8 Å². The smallest absolute Gasteiger partial charge is 0.274 e. The predicted octanol–water partition coefficient (Wildman–Crippen LogP) is 4.21. The third kappa shape index (κ3) is 5.21. The highest BCUT2D eigenvalue weighted by atomic mass is 19.1. The minimum atomic E-state index is -0.317. The predicted molar refractivity (Wildman–Crippen MR) is 121 cm³/mol. The SMILES string of the molecule is CCOc1c(C(=O)N(C(C)C)[C@@H]2CCCNC2)n(CCCCOC)c2cc(F)ccc12. The van der Waals surface area contributed by atoms with Crippen LogP contribution in [0.5, 0.6) is 5.75 Å². The molecule has 1 aromatic heterocycles.